The Kier molecular flexibility index (Phi) is 10.0. The quantitative estimate of drug-likeness (QED) is 0.195. The molecule has 0 spiro atoms. The van der Waals surface area contributed by atoms with Crippen LogP contribution in [0.5, 0.6) is 5.75 Å². The lowest BCUT2D eigenvalue weighted by Crippen LogP contribution is -2.20. The van der Waals surface area contributed by atoms with E-state index in [4.69, 9.17) is 25.7 Å². The highest BCUT2D eigenvalue weighted by Gasteiger charge is 2.21. The van der Waals surface area contributed by atoms with Crippen molar-refractivity contribution in [2.45, 2.75) is 45.4 Å². The van der Waals surface area contributed by atoms with Gasteiger partial charge in [-0.15, -0.1) is 0 Å². The van der Waals surface area contributed by atoms with Crippen LogP contribution in [0.25, 0.3) is 6.08 Å². The number of carbonyl (C=O) groups excluding carboxylic acids is 2. The minimum atomic E-state index is -0.581. The lowest BCUT2D eigenvalue weighted by atomic mass is 9.80. The third-order valence-electron chi connectivity index (χ3n) is 6.22. The number of nitrogen functional groups attached to an aromatic ring is 2. The fraction of sp³-hybridized carbons (Fsp3) is 0.429. The van der Waals surface area contributed by atoms with Gasteiger partial charge in [0, 0.05) is 17.5 Å². The van der Waals surface area contributed by atoms with Gasteiger partial charge >= 0.3 is 11.9 Å². The molecule has 2 aromatic carbocycles. The van der Waals surface area contributed by atoms with Gasteiger partial charge in [-0.2, -0.15) is 0 Å². The predicted molar refractivity (Wildman–Crippen MR) is 138 cm³/mol. The van der Waals surface area contributed by atoms with Crippen molar-refractivity contribution in [3.63, 3.8) is 0 Å². The summed E-state index contributed by atoms with van der Waals surface area (Å²) < 4.78 is 16.1. The Morgan fingerprint density at radius 2 is 1.54 bits per heavy atom. The second kappa shape index (κ2) is 13.4. The molecule has 0 bridgehead atoms. The Morgan fingerprint density at radius 3 is 2.20 bits per heavy atom. The van der Waals surface area contributed by atoms with Crippen molar-refractivity contribution in [3.8, 4) is 5.75 Å². The number of benzene rings is 2. The Hall–Kier alpha value is -3.48. The topological polar surface area (TPSA) is 114 Å². The van der Waals surface area contributed by atoms with Gasteiger partial charge in [-0.05, 0) is 66.6 Å². The fourth-order valence-electron chi connectivity index (χ4n) is 4.35. The van der Waals surface area contributed by atoms with E-state index in [1.165, 1.54) is 56.7 Å². The number of esters is 2. The zero-order valence-corrected chi connectivity index (χ0v) is 20.4. The average molecular weight is 481 g/mol. The van der Waals surface area contributed by atoms with Crippen molar-refractivity contribution >= 4 is 29.4 Å². The third-order valence-corrected chi connectivity index (χ3v) is 6.22. The highest BCUT2D eigenvalue weighted by molar-refractivity contribution is 5.91. The highest BCUT2D eigenvalue weighted by Crippen LogP contribution is 2.32. The number of rotatable bonds is 11. The lowest BCUT2D eigenvalue weighted by Gasteiger charge is -2.28. The van der Waals surface area contributed by atoms with E-state index >= 15 is 0 Å². The van der Waals surface area contributed by atoms with Crippen LogP contribution >= 0.6 is 0 Å². The standard InChI is InChI=1S/C28H36N2O5/c1-2-3-20-4-6-22(7-5-20)19-35-26-11-8-21(9-12-26)10-13-27(31)33-14-15-34-28(32)23-16-24(29)18-25(30)17-23/h8-13,16-18,20,22H,2-7,14-15,19,29-30H2,1H3/b13-10+. The van der Waals surface area contributed by atoms with E-state index in [9.17, 15) is 9.59 Å². The van der Waals surface area contributed by atoms with E-state index in [0.717, 1.165) is 23.8 Å². The number of ether oxygens (including phenoxy) is 3. The Balaban J connectivity index is 1.33. The first kappa shape index (κ1) is 26.1. The predicted octanol–water partition coefficient (Wildman–Crippen LogP) is 5.25. The van der Waals surface area contributed by atoms with Crippen molar-refractivity contribution in [3.05, 3.63) is 59.7 Å². The molecule has 7 heteroatoms. The van der Waals surface area contributed by atoms with Crippen LogP contribution in [0.4, 0.5) is 11.4 Å². The Labute approximate surface area is 207 Å². The molecular weight excluding hydrogens is 444 g/mol. The van der Waals surface area contributed by atoms with Crippen molar-refractivity contribution in [1.82, 2.24) is 0 Å². The zero-order chi connectivity index (χ0) is 25.0. The molecule has 3 rings (SSSR count). The molecule has 7 nitrogen and oxygen atoms in total. The molecule has 35 heavy (non-hydrogen) atoms. The summed E-state index contributed by atoms with van der Waals surface area (Å²) in [5.41, 5.74) is 13.2. The van der Waals surface area contributed by atoms with Crippen LogP contribution in [0, 0.1) is 11.8 Å². The largest absolute Gasteiger partial charge is 0.493 e. The number of nitrogens with two attached hydrogens (primary N) is 2. The van der Waals surface area contributed by atoms with Crippen LogP contribution in [0.2, 0.25) is 0 Å². The SMILES string of the molecule is CCCC1CCC(COc2ccc(/C=C/C(=O)OCCOC(=O)c3cc(N)cc(N)c3)cc2)CC1. The molecular formula is C28H36N2O5. The monoisotopic (exact) mass is 480 g/mol. The maximum Gasteiger partial charge on any atom is 0.338 e. The summed E-state index contributed by atoms with van der Waals surface area (Å²) in [6, 6.07) is 12.1. The molecule has 1 saturated carbocycles. The maximum absolute atomic E-state index is 12.0. The van der Waals surface area contributed by atoms with Gasteiger partial charge in [-0.1, -0.05) is 44.7 Å². The number of hydrogen-bond donors (Lipinski definition) is 2. The fourth-order valence-corrected chi connectivity index (χ4v) is 4.35. The highest BCUT2D eigenvalue weighted by atomic mass is 16.6. The molecule has 0 heterocycles. The van der Waals surface area contributed by atoms with Crippen LogP contribution in [0.3, 0.4) is 0 Å². The molecule has 1 aliphatic rings. The molecule has 0 saturated heterocycles. The molecule has 1 aliphatic carbocycles. The average Bonchev–Trinajstić information content (AvgIpc) is 2.85. The van der Waals surface area contributed by atoms with Crippen LogP contribution in [0.1, 0.15) is 61.4 Å². The first-order chi connectivity index (χ1) is 16.9. The number of anilines is 2. The first-order valence-electron chi connectivity index (χ1n) is 12.3. The summed E-state index contributed by atoms with van der Waals surface area (Å²) >= 11 is 0. The maximum atomic E-state index is 12.0. The van der Waals surface area contributed by atoms with E-state index in [1.54, 1.807) is 12.1 Å². The first-order valence-corrected chi connectivity index (χ1v) is 12.3. The van der Waals surface area contributed by atoms with Gasteiger partial charge in [0.15, 0.2) is 0 Å². The smallest absolute Gasteiger partial charge is 0.338 e. The summed E-state index contributed by atoms with van der Waals surface area (Å²) in [6.07, 6.45) is 10.8. The zero-order valence-electron chi connectivity index (χ0n) is 20.4. The van der Waals surface area contributed by atoms with E-state index in [1.807, 2.05) is 24.3 Å². The van der Waals surface area contributed by atoms with Crippen LogP contribution < -0.4 is 16.2 Å². The molecule has 1 fully saturated rings. The van der Waals surface area contributed by atoms with Crippen molar-refractivity contribution in [2.75, 3.05) is 31.3 Å². The summed E-state index contributed by atoms with van der Waals surface area (Å²) in [6.45, 7) is 2.90. The van der Waals surface area contributed by atoms with Crippen molar-refractivity contribution in [1.29, 1.82) is 0 Å². The van der Waals surface area contributed by atoms with Crippen molar-refractivity contribution < 1.29 is 23.8 Å². The van der Waals surface area contributed by atoms with Gasteiger partial charge in [0.2, 0.25) is 0 Å². The van der Waals surface area contributed by atoms with Gasteiger partial charge in [-0.25, -0.2) is 9.59 Å². The Morgan fingerprint density at radius 1 is 0.914 bits per heavy atom. The van der Waals surface area contributed by atoms with E-state index < -0.39 is 11.9 Å². The van der Waals surface area contributed by atoms with Crippen molar-refractivity contribution in [2.24, 2.45) is 11.8 Å². The molecule has 0 amide bonds. The summed E-state index contributed by atoms with van der Waals surface area (Å²) in [5.74, 6) is 1.28. The van der Waals surface area contributed by atoms with Crippen LogP contribution in [-0.4, -0.2) is 31.8 Å². The van der Waals surface area contributed by atoms with Gasteiger partial charge in [0.1, 0.15) is 19.0 Å². The molecule has 0 aliphatic heterocycles. The van der Waals surface area contributed by atoms with Gasteiger partial charge in [0.25, 0.3) is 0 Å². The molecule has 0 unspecified atom stereocenters. The second-order valence-electron chi connectivity index (χ2n) is 9.08. The molecule has 2 aromatic rings. The van der Waals surface area contributed by atoms with Crippen LogP contribution in [-0.2, 0) is 14.3 Å². The summed E-state index contributed by atoms with van der Waals surface area (Å²) in [5, 5.41) is 0. The van der Waals surface area contributed by atoms with E-state index in [0.29, 0.717) is 17.3 Å². The second-order valence-corrected chi connectivity index (χ2v) is 9.08. The van der Waals surface area contributed by atoms with Crippen LogP contribution in [0.15, 0.2) is 48.5 Å². The lowest BCUT2D eigenvalue weighted by molar-refractivity contribution is -0.138. The molecule has 4 N–H and O–H groups in total. The number of hydrogen-bond acceptors (Lipinski definition) is 7. The molecule has 0 atom stereocenters. The minimum Gasteiger partial charge on any atom is -0.493 e. The summed E-state index contributed by atoms with van der Waals surface area (Å²) in [7, 11) is 0. The van der Waals surface area contributed by atoms with Gasteiger partial charge in [-0.3, -0.25) is 0 Å². The van der Waals surface area contributed by atoms with Gasteiger partial charge in [0.05, 0.1) is 12.2 Å². The molecule has 188 valence electrons. The Bertz CT molecular complexity index is 975. The van der Waals surface area contributed by atoms with Gasteiger partial charge < -0.3 is 25.7 Å². The molecule has 0 aromatic heterocycles. The minimum absolute atomic E-state index is 0.0557. The normalized spacial score (nSPS) is 17.7. The molecule has 0 radical (unpaired) electrons. The summed E-state index contributed by atoms with van der Waals surface area (Å²) in [4.78, 5) is 23.9. The van der Waals surface area contributed by atoms with E-state index in [-0.39, 0.29) is 18.8 Å². The third kappa shape index (κ3) is 9.00. The number of carbonyl (C=O) groups is 2. The van der Waals surface area contributed by atoms with E-state index in [2.05, 4.69) is 6.92 Å².